The molecule has 0 unspecified atom stereocenters. The van der Waals surface area contributed by atoms with Crippen LogP contribution in [0.3, 0.4) is 0 Å². The minimum atomic E-state index is 0.114. The average molecular weight is 227 g/mol. The quantitative estimate of drug-likeness (QED) is 0.732. The predicted octanol–water partition coefficient (Wildman–Crippen LogP) is 0.00240. The maximum absolute atomic E-state index is 5.92. The lowest BCUT2D eigenvalue weighted by Gasteiger charge is -2.39. The van der Waals surface area contributed by atoms with E-state index in [0.29, 0.717) is 0 Å². The van der Waals surface area contributed by atoms with E-state index in [1.807, 2.05) is 0 Å². The zero-order valence-electron chi connectivity index (χ0n) is 10.7. The Morgan fingerprint density at radius 2 is 2.00 bits per heavy atom. The standard InChI is InChI=1S/C12H25N3O/c1-12(10-13-11-12)16-9-8-15-5-3-4-14(2)6-7-15/h13H,3-11H2,1-2H3. The molecule has 16 heavy (non-hydrogen) atoms. The zero-order chi connectivity index (χ0) is 11.4. The first-order valence-electron chi connectivity index (χ1n) is 6.44. The third-order valence-electron chi connectivity index (χ3n) is 3.67. The molecular formula is C12H25N3O. The zero-order valence-corrected chi connectivity index (χ0v) is 10.7. The molecule has 0 amide bonds. The van der Waals surface area contributed by atoms with Gasteiger partial charge in [-0.3, -0.25) is 4.90 Å². The first-order valence-corrected chi connectivity index (χ1v) is 6.44. The number of likely N-dealkylation sites (N-methyl/N-ethyl adjacent to an activating group) is 1. The molecule has 2 saturated heterocycles. The monoisotopic (exact) mass is 227 g/mol. The minimum absolute atomic E-state index is 0.114. The fourth-order valence-electron chi connectivity index (χ4n) is 2.32. The summed E-state index contributed by atoms with van der Waals surface area (Å²) in [5.41, 5.74) is 0.114. The van der Waals surface area contributed by atoms with Gasteiger partial charge >= 0.3 is 0 Å². The van der Waals surface area contributed by atoms with Gasteiger partial charge in [0, 0.05) is 32.7 Å². The van der Waals surface area contributed by atoms with E-state index in [2.05, 4.69) is 29.1 Å². The summed E-state index contributed by atoms with van der Waals surface area (Å²) in [6.07, 6.45) is 1.29. The third kappa shape index (κ3) is 3.42. The lowest BCUT2D eigenvalue weighted by molar-refractivity contribution is -0.0719. The van der Waals surface area contributed by atoms with Gasteiger partial charge in [0.25, 0.3) is 0 Å². The minimum Gasteiger partial charge on any atom is -0.371 e. The van der Waals surface area contributed by atoms with Crippen LogP contribution in [0.5, 0.6) is 0 Å². The van der Waals surface area contributed by atoms with Crippen molar-refractivity contribution in [3.63, 3.8) is 0 Å². The van der Waals surface area contributed by atoms with E-state index in [-0.39, 0.29) is 5.60 Å². The van der Waals surface area contributed by atoms with Crippen molar-refractivity contribution < 1.29 is 4.74 Å². The number of ether oxygens (including phenoxy) is 1. The normalized spacial score (nSPS) is 27.4. The van der Waals surface area contributed by atoms with Crippen molar-refractivity contribution in [2.24, 2.45) is 0 Å². The van der Waals surface area contributed by atoms with Gasteiger partial charge in [0.2, 0.25) is 0 Å². The van der Waals surface area contributed by atoms with Crippen molar-refractivity contribution in [2.45, 2.75) is 18.9 Å². The Morgan fingerprint density at radius 1 is 1.19 bits per heavy atom. The highest BCUT2D eigenvalue weighted by Crippen LogP contribution is 2.14. The molecule has 0 aliphatic carbocycles. The second kappa shape index (κ2) is 5.45. The first-order chi connectivity index (χ1) is 7.68. The molecule has 0 bridgehead atoms. The van der Waals surface area contributed by atoms with Crippen LogP contribution < -0.4 is 5.32 Å². The van der Waals surface area contributed by atoms with E-state index in [1.165, 1.54) is 32.6 Å². The van der Waals surface area contributed by atoms with E-state index in [9.17, 15) is 0 Å². The Balaban J connectivity index is 1.61. The molecule has 0 radical (unpaired) electrons. The van der Waals surface area contributed by atoms with Crippen LogP contribution in [0.2, 0.25) is 0 Å². The summed E-state index contributed by atoms with van der Waals surface area (Å²) in [5.74, 6) is 0. The van der Waals surface area contributed by atoms with Crippen LogP contribution in [0.25, 0.3) is 0 Å². The summed E-state index contributed by atoms with van der Waals surface area (Å²) in [6, 6.07) is 0. The smallest absolute Gasteiger partial charge is 0.0902 e. The van der Waals surface area contributed by atoms with Crippen LogP contribution in [-0.2, 0) is 4.74 Å². The fourth-order valence-corrected chi connectivity index (χ4v) is 2.32. The van der Waals surface area contributed by atoms with Crippen molar-refractivity contribution in [3.8, 4) is 0 Å². The highest BCUT2D eigenvalue weighted by atomic mass is 16.5. The van der Waals surface area contributed by atoms with Gasteiger partial charge in [-0.1, -0.05) is 0 Å². The van der Waals surface area contributed by atoms with Gasteiger partial charge in [-0.05, 0) is 33.5 Å². The van der Waals surface area contributed by atoms with E-state index in [4.69, 9.17) is 4.74 Å². The Labute approximate surface area is 98.9 Å². The molecule has 2 fully saturated rings. The second-order valence-corrected chi connectivity index (χ2v) is 5.40. The average Bonchev–Trinajstić information content (AvgIpc) is 2.41. The van der Waals surface area contributed by atoms with E-state index < -0.39 is 0 Å². The van der Waals surface area contributed by atoms with E-state index in [0.717, 1.165) is 26.2 Å². The van der Waals surface area contributed by atoms with Gasteiger partial charge in [-0.15, -0.1) is 0 Å². The molecule has 0 spiro atoms. The third-order valence-corrected chi connectivity index (χ3v) is 3.67. The van der Waals surface area contributed by atoms with Crippen LogP contribution in [-0.4, -0.2) is 74.9 Å². The number of hydrogen-bond acceptors (Lipinski definition) is 4. The molecule has 2 heterocycles. The molecule has 1 N–H and O–H groups in total. The number of nitrogens with zero attached hydrogens (tertiary/aromatic N) is 2. The van der Waals surface area contributed by atoms with Gasteiger partial charge in [0.1, 0.15) is 0 Å². The molecule has 0 aromatic rings. The highest BCUT2D eigenvalue weighted by molar-refractivity contribution is 4.90. The number of nitrogens with one attached hydrogen (secondary N) is 1. The molecule has 4 heteroatoms. The van der Waals surface area contributed by atoms with Crippen LogP contribution in [0.1, 0.15) is 13.3 Å². The first kappa shape index (κ1) is 12.3. The van der Waals surface area contributed by atoms with E-state index in [1.54, 1.807) is 0 Å². The Morgan fingerprint density at radius 3 is 2.69 bits per heavy atom. The van der Waals surface area contributed by atoms with Crippen molar-refractivity contribution in [2.75, 3.05) is 59.5 Å². The molecule has 0 saturated carbocycles. The fraction of sp³-hybridized carbons (Fsp3) is 1.00. The van der Waals surface area contributed by atoms with Crippen molar-refractivity contribution in [1.29, 1.82) is 0 Å². The summed E-state index contributed by atoms with van der Waals surface area (Å²) in [5, 5.41) is 3.26. The van der Waals surface area contributed by atoms with Crippen LogP contribution >= 0.6 is 0 Å². The summed E-state index contributed by atoms with van der Waals surface area (Å²) < 4.78 is 5.92. The SMILES string of the molecule is CN1CCCN(CCOC2(C)CNC2)CC1. The largest absolute Gasteiger partial charge is 0.371 e. The molecule has 2 aliphatic heterocycles. The summed E-state index contributed by atoms with van der Waals surface area (Å²) >= 11 is 0. The second-order valence-electron chi connectivity index (χ2n) is 5.40. The molecule has 2 rings (SSSR count). The van der Waals surface area contributed by atoms with Crippen molar-refractivity contribution in [1.82, 2.24) is 15.1 Å². The van der Waals surface area contributed by atoms with Crippen molar-refractivity contribution in [3.05, 3.63) is 0 Å². The molecular weight excluding hydrogens is 202 g/mol. The number of hydrogen-bond donors (Lipinski definition) is 1. The molecule has 2 aliphatic rings. The van der Waals surface area contributed by atoms with Crippen molar-refractivity contribution >= 4 is 0 Å². The van der Waals surface area contributed by atoms with Crippen LogP contribution in [0.15, 0.2) is 0 Å². The molecule has 94 valence electrons. The number of rotatable bonds is 4. The van der Waals surface area contributed by atoms with Gasteiger partial charge in [0.15, 0.2) is 0 Å². The maximum atomic E-state index is 5.92. The van der Waals surface area contributed by atoms with E-state index >= 15 is 0 Å². The summed E-state index contributed by atoms with van der Waals surface area (Å²) in [4.78, 5) is 4.94. The summed E-state index contributed by atoms with van der Waals surface area (Å²) in [7, 11) is 2.21. The predicted molar refractivity (Wildman–Crippen MR) is 65.8 cm³/mol. The van der Waals surface area contributed by atoms with Gasteiger partial charge in [0.05, 0.1) is 12.2 Å². The van der Waals surface area contributed by atoms with Gasteiger partial charge < -0.3 is 15.0 Å². The van der Waals surface area contributed by atoms with Gasteiger partial charge in [-0.25, -0.2) is 0 Å². The lowest BCUT2D eigenvalue weighted by atomic mass is 10.0. The van der Waals surface area contributed by atoms with Crippen LogP contribution in [0.4, 0.5) is 0 Å². The Hall–Kier alpha value is -0.160. The topological polar surface area (TPSA) is 27.7 Å². The molecule has 0 aromatic heterocycles. The summed E-state index contributed by atoms with van der Waals surface area (Å²) in [6.45, 7) is 11.0. The molecule has 0 aromatic carbocycles. The van der Waals surface area contributed by atoms with Gasteiger partial charge in [-0.2, -0.15) is 0 Å². The Kier molecular flexibility index (Phi) is 4.19. The van der Waals surface area contributed by atoms with Crippen LogP contribution in [0, 0.1) is 0 Å². The Bertz CT molecular complexity index is 218. The lowest BCUT2D eigenvalue weighted by Crippen LogP contribution is -2.59. The molecule has 0 atom stereocenters. The maximum Gasteiger partial charge on any atom is 0.0902 e. The highest BCUT2D eigenvalue weighted by Gasteiger charge is 2.32. The molecule has 4 nitrogen and oxygen atoms in total.